The van der Waals surface area contributed by atoms with Crippen LogP contribution >= 0.6 is 0 Å². The van der Waals surface area contributed by atoms with Gasteiger partial charge in [0.05, 0.1) is 14.2 Å². The monoisotopic (exact) mass is 361 g/mol. The summed E-state index contributed by atoms with van der Waals surface area (Å²) in [5, 5.41) is 0. The molecule has 0 N–H and O–H groups in total. The topological polar surface area (TPSA) is 57.7 Å². The van der Waals surface area contributed by atoms with Crippen molar-refractivity contribution in [1.82, 2.24) is 4.98 Å². The Kier molecular flexibility index (Phi) is 5.84. The second-order valence-electron chi connectivity index (χ2n) is 5.61. The van der Waals surface area contributed by atoms with Crippen LogP contribution in [-0.2, 0) is 0 Å². The minimum atomic E-state index is -0.538. The van der Waals surface area contributed by atoms with Crippen molar-refractivity contribution < 1.29 is 19.0 Å². The molecule has 5 nitrogen and oxygen atoms in total. The number of hydrogen-bond donors (Lipinski definition) is 0. The van der Waals surface area contributed by atoms with Crippen LogP contribution in [0, 0.1) is 0 Å². The average molecular weight is 361 g/mol. The highest BCUT2D eigenvalue weighted by molar-refractivity contribution is 5.97. The van der Waals surface area contributed by atoms with Gasteiger partial charge in [-0.05, 0) is 47.5 Å². The first-order chi connectivity index (χ1) is 13.2. The fourth-order valence-electron chi connectivity index (χ4n) is 2.52. The van der Waals surface area contributed by atoms with E-state index in [1.165, 1.54) is 14.2 Å². The molecule has 0 amide bonds. The van der Waals surface area contributed by atoms with E-state index in [1.54, 1.807) is 42.7 Å². The van der Waals surface area contributed by atoms with Crippen molar-refractivity contribution in [2.45, 2.75) is 0 Å². The maximum atomic E-state index is 12.6. The van der Waals surface area contributed by atoms with Crippen LogP contribution in [0.5, 0.6) is 17.2 Å². The molecule has 5 heteroatoms. The molecule has 2 aromatic carbocycles. The first kappa shape index (κ1) is 18.2. The van der Waals surface area contributed by atoms with Gasteiger partial charge in [0.15, 0.2) is 0 Å². The molecule has 136 valence electrons. The third-order valence-electron chi connectivity index (χ3n) is 3.90. The van der Waals surface area contributed by atoms with Crippen molar-refractivity contribution in [3.8, 4) is 17.2 Å². The molecular weight excluding hydrogens is 342 g/mol. The quantitative estimate of drug-likeness (QED) is 0.478. The summed E-state index contributed by atoms with van der Waals surface area (Å²) in [4.78, 5) is 16.6. The Morgan fingerprint density at radius 2 is 1.37 bits per heavy atom. The van der Waals surface area contributed by atoms with Gasteiger partial charge in [0.25, 0.3) is 0 Å². The van der Waals surface area contributed by atoms with Crippen molar-refractivity contribution >= 4 is 18.1 Å². The normalized spacial score (nSPS) is 10.6. The lowest BCUT2D eigenvalue weighted by Crippen LogP contribution is -2.11. The van der Waals surface area contributed by atoms with Gasteiger partial charge in [0.2, 0.25) is 0 Å². The highest BCUT2D eigenvalue weighted by atomic mass is 16.5. The van der Waals surface area contributed by atoms with E-state index in [0.717, 1.165) is 11.1 Å². The summed E-state index contributed by atoms with van der Waals surface area (Å²) >= 11 is 0. The molecule has 3 aromatic rings. The van der Waals surface area contributed by atoms with Gasteiger partial charge in [-0.15, -0.1) is 0 Å². The molecule has 0 unspecified atom stereocenters. The molecule has 0 bridgehead atoms. The lowest BCUT2D eigenvalue weighted by atomic mass is 10.1. The van der Waals surface area contributed by atoms with Gasteiger partial charge < -0.3 is 14.2 Å². The van der Waals surface area contributed by atoms with Crippen molar-refractivity contribution in [3.63, 3.8) is 0 Å². The summed E-state index contributed by atoms with van der Waals surface area (Å²) in [7, 11) is 2.99. The van der Waals surface area contributed by atoms with Crippen molar-refractivity contribution in [2.75, 3.05) is 14.2 Å². The Balaban J connectivity index is 1.74. The average Bonchev–Trinajstić information content (AvgIpc) is 2.73. The van der Waals surface area contributed by atoms with Gasteiger partial charge in [0.1, 0.15) is 22.8 Å². The standard InChI is InChI=1S/C22H19NO4/c1-25-19-4-3-5-20(26-2)21(19)22(24)27-18-10-8-16(9-11-18)6-7-17-12-14-23-15-13-17/h3-15H,1-2H3. The number of methoxy groups -OCH3 is 2. The predicted octanol–water partition coefficient (Wildman–Crippen LogP) is 4.49. The van der Waals surface area contributed by atoms with Crippen LogP contribution in [0.1, 0.15) is 21.5 Å². The Morgan fingerprint density at radius 3 is 1.93 bits per heavy atom. The molecule has 0 radical (unpaired) electrons. The number of aromatic nitrogens is 1. The zero-order valence-electron chi connectivity index (χ0n) is 15.1. The maximum absolute atomic E-state index is 12.6. The van der Waals surface area contributed by atoms with E-state index >= 15 is 0 Å². The Bertz CT molecular complexity index is 912. The second kappa shape index (κ2) is 8.67. The van der Waals surface area contributed by atoms with Gasteiger partial charge in [-0.3, -0.25) is 4.98 Å². The van der Waals surface area contributed by atoms with E-state index in [-0.39, 0.29) is 5.56 Å². The molecule has 0 aliphatic heterocycles. The minimum absolute atomic E-state index is 0.254. The molecule has 0 aliphatic carbocycles. The molecule has 0 spiro atoms. The number of benzene rings is 2. The first-order valence-corrected chi connectivity index (χ1v) is 8.32. The third-order valence-corrected chi connectivity index (χ3v) is 3.90. The Labute approximate surface area is 157 Å². The van der Waals surface area contributed by atoms with Crippen LogP contribution in [0.3, 0.4) is 0 Å². The second-order valence-corrected chi connectivity index (χ2v) is 5.61. The number of nitrogens with zero attached hydrogens (tertiary/aromatic N) is 1. The van der Waals surface area contributed by atoms with Crippen molar-refractivity contribution in [2.24, 2.45) is 0 Å². The van der Waals surface area contributed by atoms with Gasteiger partial charge in [0, 0.05) is 12.4 Å². The predicted molar refractivity (Wildman–Crippen MR) is 104 cm³/mol. The van der Waals surface area contributed by atoms with Crippen LogP contribution in [-0.4, -0.2) is 25.2 Å². The van der Waals surface area contributed by atoms with Crippen LogP contribution in [0.2, 0.25) is 0 Å². The van der Waals surface area contributed by atoms with E-state index in [4.69, 9.17) is 14.2 Å². The first-order valence-electron chi connectivity index (χ1n) is 8.32. The van der Waals surface area contributed by atoms with Crippen LogP contribution < -0.4 is 14.2 Å². The highest BCUT2D eigenvalue weighted by Crippen LogP contribution is 2.29. The fourth-order valence-corrected chi connectivity index (χ4v) is 2.52. The van der Waals surface area contributed by atoms with Crippen molar-refractivity contribution in [3.05, 3.63) is 83.7 Å². The lowest BCUT2D eigenvalue weighted by molar-refractivity contribution is 0.0727. The van der Waals surface area contributed by atoms with Gasteiger partial charge in [-0.1, -0.05) is 30.4 Å². The summed E-state index contributed by atoms with van der Waals surface area (Å²) in [5.74, 6) is 0.700. The van der Waals surface area contributed by atoms with Crippen LogP contribution in [0.25, 0.3) is 12.2 Å². The van der Waals surface area contributed by atoms with E-state index in [0.29, 0.717) is 17.2 Å². The maximum Gasteiger partial charge on any atom is 0.351 e. The SMILES string of the molecule is COc1cccc(OC)c1C(=O)Oc1ccc(C=Cc2ccncc2)cc1. The van der Waals surface area contributed by atoms with Crippen LogP contribution in [0.15, 0.2) is 67.0 Å². The number of carbonyl (C=O) groups excluding carboxylic acids is 1. The molecule has 0 fully saturated rings. The van der Waals surface area contributed by atoms with E-state index in [2.05, 4.69) is 4.98 Å². The summed E-state index contributed by atoms with van der Waals surface area (Å²) in [5.41, 5.74) is 2.30. The summed E-state index contributed by atoms with van der Waals surface area (Å²) in [6, 6.07) is 16.2. The highest BCUT2D eigenvalue weighted by Gasteiger charge is 2.20. The molecule has 3 rings (SSSR count). The number of rotatable bonds is 6. The van der Waals surface area contributed by atoms with Gasteiger partial charge in [-0.25, -0.2) is 4.79 Å². The third kappa shape index (κ3) is 4.52. The molecule has 0 atom stereocenters. The van der Waals surface area contributed by atoms with Gasteiger partial charge >= 0.3 is 5.97 Å². The fraction of sp³-hybridized carbons (Fsp3) is 0.0909. The summed E-state index contributed by atoms with van der Waals surface area (Å²) in [6.07, 6.45) is 7.45. The summed E-state index contributed by atoms with van der Waals surface area (Å²) < 4.78 is 16.0. The largest absolute Gasteiger partial charge is 0.496 e. The lowest BCUT2D eigenvalue weighted by Gasteiger charge is -2.12. The smallest absolute Gasteiger partial charge is 0.351 e. The Morgan fingerprint density at radius 1 is 0.815 bits per heavy atom. The number of pyridine rings is 1. The Hall–Kier alpha value is -3.60. The molecule has 0 aliphatic rings. The molecule has 1 heterocycles. The zero-order valence-corrected chi connectivity index (χ0v) is 15.1. The number of esters is 1. The van der Waals surface area contributed by atoms with E-state index in [9.17, 15) is 4.79 Å². The van der Waals surface area contributed by atoms with Gasteiger partial charge in [-0.2, -0.15) is 0 Å². The molecule has 1 aromatic heterocycles. The molecule has 0 saturated heterocycles. The van der Waals surface area contributed by atoms with E-state index in [1.807, 2.05) is 36.4 Å². The number of carbonyl (C=O) groups is 1. The van der Waals surface area contributed by atoms with Crippen LogP contribution in [0.4, 0.5) is 0 Å². The summed E-state index contributed by atoms with van der Waals surface area (Å²) in [6.45, 7) is 0. The zero-order chi connectivity index (χ0) is 19.1. The molecule has 0 saturated carbocycles. The number of ether oxygens (including phenoxy) is 3. The van der Waals surface area contributed by atoms with E-state index < -0.39 is 5.97 Å². The molecule has 27 heavy (non-hydrogen) atoms. The van der Waals surface area contributed by atoms with Crippen molar-refractivity contribution in [1.29, 1.82) is 0 Å². The number of hydrogen-bond acceptors (Lipinski definition) is 5. The minimum Gasteiger partial charge on any atom is -0.496 e. The molecular formula is C22H19NO4.